The zero-order valence-corrected chi connectivity index (χ0v) is 14.8. The summed E-state index contributed by atoms with van der Waals surface area (Å²) in [4.78, 5) is 18.3. The Morgan fingerprint density at radius 3 is 2.48 bits per heavy atom. The molecule has 3 aromatic rings. The summed E-state index contributed by atoms with van der Waals surface area (Å²) in [5, 5.41) is 2.54. The minimum atomic E-state index is -3.96. The van der Waals surface area contributed by atoms with Crippen LogP contribution in [0.5, 0.6) is 5.75 Å². The summed E-state index contributed by atoms with van der Waals surface area (Å²) in [6, 6.07) is 9.91. The van der Waals surface area contributed by atoms with Gasteiger partial charge in [0.2, 0.25) is 11.9 Å². The van der Waals surface area contributed by atoms with Gasteiger partial charge in [0.15, 0.2) is 0 Å². The highest BCUT2D eigenvalue weighted by atomic mass is 32.2. The number of nitrogens with one attached hydrogen (secondary N) is 2. The maximum atomic E-state index is 12.6. The molecule has 0 saturated heterocycles. The molecule has 0 radical (unpaired) electrons. The largest absolute Gasteiger partial charge is 0.379 e. The number of hydrogen-bond donors (Lipinski definition) is 2. The number of hydrogen-bond acceptors (Lipinski definition) is 5. The summed E-state index contributed by atoms with van der Waals surface area (Å²) in [7, 11) is -3.96. The van der Waals surface area contributed by atoms with Crippen molar-refractivity contribution in [1.29, 1.82) is 0 Å². The summed E-state index contributed by atoms with van der Waals surface area (Å²) in [6.45, 7) is 4.82. The predicted molar refractivity (Wildman–Crippen MR) is 94.1 cm³/mol. The number of rotatable bonds is 4. The van der Waals surface area contributed by atoms with Crippen LogP contribution in [0.25, 0.3) is 11.0 Å². The molecule has 1 heterocycles. The maximum Gasteiger partial charge on any atom is 0.339 e. The monoisotopic (exact) mass is 359 g/mol. The van der Waals surface area contributed by atoms with E-state index in [1.807, 2.05) is 0 Å². The molecule has 25 heavy (non-hydrogen) atoms. The molecule has 1 amide bonds. The van der Waals surface area contributed by atoms with Crippen LogP contribution in [0.4, 0.5) is 5.95 Å². The number of amides is 1. The number of aromatic nitrogens is 2. The Balaban J connectivity index is 1.95. The van der Waals surface area contributed by atoms with Crippen molar-refractivity contribution in [2.75, 3.05) is 5.32 Å². The average Bonchev–Trinajstić information content (AvgIpc) is 2.86. The molecular weight excluding hydrogens is 342 g/mol. The molecular formula is C17H17N3O4S. The quantitative estimate of drug-likeness (QED) is 0.698. The fraction of sp³-hybridized carbons (Fsp3) is 0.176. The highest BCUT2D eigenvalue weighted by Crippen LogP contribution is 2.26. The number of aromatic amines is 1. The van der Waals surface area contributed by atoms with Gasteiger partial charge in [-0.3, -0.25) is 10.1 Å². The van der Waals surface area contributed by atoms with E-state index in [1.54, 1.807) is 38.1 Å². The Labute approximate surface area is 145 Å². The lowest BCUT2D eigenvalue weighted by molar-refractivity contribution is -0.114. The van der Waals surface area contributed by atoms with Crippen LogP contribution in [0.2, 0.25) is 0 Å². The van der Waals surface area contributed by atoms with E-state index in [-0.39, 0.29) is 22.5 Å². The highest BCUT2D eigenvalue weighted by Gasteiger charge is 2.22. The molecule has 0 fully saturated rings. The lowest BCUT2D eigenvalue weighted by Crippen LogP contribution is -2.12. The van der Waals surface area contributed by atoms with Crippen molar-refractivity contribution in [3.8, 4) is 5.75 Å². The van der Waals surface area contributed by atoms with E-state index in [1.165, 1.54) is 19.1 Å². The molecule has 0 unspecified atom stereocenters. The Morgan fingerprint density at radius 1 is 1.16 bits per heavy atom. The van der Waals surface area contributed by atoms with E-state index in [9.17, 15) is 13.2 Å². The van der Waals surface area contributed by atoms with Crippen LogP contribution in [-0.4, -0.2) is 24.3 Å². The number of carbonyl (C=O) groups is 1. The van der Waals surface area contributed by atoms with E-state index < -0.39 is 10.1 Å². The SMILES string of the molecule is CC(=O)Nc1nc2ccc(OS(=O)(=O)c3c(C)cccc3C)cc2[nH]1. The Bertz CT molecular complexity index is 1050. The van der Waals surface area contributed by atoms with E-state index in [4.69, 9.17) is 4.18 Å². The molecule has 7 nitrogen and oxygen atoms in total. The highest BCUT2D eigenvalue weighted by molar-refractivity contribution is 7.87. The molecule has 0 spiro atoms. The number of H-pyrrole nitrogens is 1. The van der Waals surface area contributed by atoms with Crippen molar-refractivity contribution in [2.45, 2.75) is 25.7 Å². The molecule has 1 aromatic heterocycles. The third-order valence-corrected chi connectivity index (χ3v) is 5.17. The molecule has 2 N–H and O–H groups in total. The first kappa shape index (κ1) is 17.0. The first-order chi connectivity index (χ1) is 11.8. The van der Waals surface area contributed by atoms with Crippen LogP contribution in [0, 0.1) is 13.8 Å². The number of fused-ring (bicyclic) bond motifs is 1. The fourth-order valence-corrected chi connectivity index (χ4v) is 3.99. The van der Waals surface area contributed by atoms with Crippen LogP contribution in [0.3, 0.4) is 0 Å². The molecule has 130 valence electrons. The maximum absolute atomic E-state index is 12.6. The predicted octanol–water partition coefficient (Wildman–Crippen LogP) is 2.91. The molecule has 0 atom stereocenters. The van der Waals surface area contributed by atoms with Gasteiger partial charge in [-0.15, -0.1) is 0 Å². The van der Waals surface area contributed by atoms with Gasteiger partial charge >= 0.3 is 10.1 Å². The van der Waals surface area contributed by atoms with Crippen molar-refractivity contribution in [3.63, 3.8) is 0 Å². The minimum Gasteiger partial charge on any atom is -0.379 e. The van der Waals surface area contributed by atoms with Gasteiger partial charge < -0.3 is 9.17 Å². The van der Waals surface area contributed by atoms with Gasteiger partial charge in [-0.05, 0) is 37.1 Å². The first-order valence-corrected chi connectivity index (χ1v) is 8.95. The van der Waals surface area contributed by atoms with Gasteiger partial charge in [-0.2, -0.15) is 8.42 Å². The zero-order chi connectivity index (χ0) is 18.2. The Morgan fingerprint density at radius 2 is 1.84 bits per heavy atom. The topological polar surface area (TPSA) is 101 Å². The Hall–Kier alpha value is -2.87. The molecule has 0 aliphatic heterocycles. The van der Waals surface area contributed by atoms with Gasteiger partial charge in [0.25, 0.3) is 0 Å². The molecule has 3 rings (SSSR count). The van der Waals surface area contributed by atoms with E-state index >= 15 is 0 Å². The molecule has 2 aromatic carbocycles. The van der Waals surface area contributed by atoms with Crippen LogP contribution < -0.4 is 9.50 Å². The van der Waals surface area contributed by atoms with Gasteiger partial charge in [-0.1, -0.05) is 18.2 Å². The van der Waals surface area contributed by atoms with Gasteiger partial charge in [0.05, 0.1) is 11.0 Å². The van der Waals surface area contributed by atoms with Crippen molar-refractivity contribution >= 4 is 33.0 Å². The second kappa shape index (κ2) is 6.21. The summed E-state index contributed by atoms with van der Waals surface area (Å²) < 4.78 is 30.5. The first-order valence-electron chi connectivity index (χ1n) is 7.54. The van der Waals surface area contributed by atoms with Gasteiger partial charge in [0.1, 0.15) is 10.6 Å². The van der Waals surface area contributed by atoms with Crippen LogP contribution in [0.15, 0.2) is 41.3 Å². The number of nitrogens with zero attached hydrogens (tertiary/aromatic N) is 1. The summed E-state index contributed by atoms with van der Waals surface area (Å²) in [6.07, 6.45) is 0. The second-order valence-corrected chi connectivity index (χ2v) is 7.19. The van der Waals surface area contributed by atoms with Crippen LogP contribution in [-0.2, 0) is 14.9 Å². The van der Waals surface area contributed by atoms with Gasteiger partial charge in [0, 0.05) is 13.0 Å². The third-order valence-electron chi connectivity index (χ3n) is 3.61. The van der Waals surface area contributed by atoms with Crippen molar-refractivity contribution in [1.82, 2.24) is 9.97 Å². The molecule has 8 heteroatoms. The normalized spacial score (nSPS) is 11.5. The average molecular weight is 359 g/mol. The fourth-order valence-electron chi connectivity index (χ4n) is 2.63. The molecule has 0 saturated carbocycles. The second-order valence-electron chi connectivity index (χ2n) is 5.70. The van der Waals surface area contributed by atoms with Crippen molar-refractivity contribution in [3.05, 3.63) is 47.5 Å². The van der Waals surface area contributed by atoms with E-state index in [2.05, 4.69) is 15.3 Å². The lowest BCUT2D eigenvalue weighted by atomic mass is 10.2. The van der Waals surface area contributed by atoms with Crippen LogP contribution in [0.1, 0.15) is 18.1 Å². The Kier molecular flexibility index (Phi) is 4.22. The lowest BCUT2D eigenvalue weighted by Gasteiger charge is -2.11. The molecule has 0 bridgehead atoms. The van der Waals surface area contributed by atoms with Crippen molar-refractivity contribution < 1.29 is 17.4 Å². The van der Waals surface area contributed by atoms with E-state index in [0.29, 0.717) is 22.2 Å². The summed E-state index contributed by atoms with van der Waals surface area (Å²) >= 11 is 0. The van der Waals surface area contributed by atoms with E-state index in [0.717, 1.165) is 0 Å². The number of carbonyl (C=O) groups excluding carboxylic acids is 1. The summed E-state index contributed by atoms with van der Waals surface area (Å²) in [5.41, 5.74) is 2.38. The summed E-state index contributed by atoms with van der Waals surface area (Å²) in [5.74, 6) is 0.193. The molecule has 0 aliphatic carbocycles. The van der Waals surface area contributed by atoms with Gasteiger partial charge in [-0.25, -0.2) is 4.98 Å². The number of anilines is 1. The van der Waals surface area contributed by atoms with Crippen LogP contribution >= 0.6 is 0 Å². The number of imidazole rings is 1. The molecule has 0 aliphatic rings. The smallest absolute Gasteiger partial charge is 0.339 e. The minimum absolute atomic E-state index is 0.160. The van der Waals surface area contributed by atoms with Crippen molar-refractivity contribution in [2.24, 2.45) is 0 Å². The number of benzene rings is 2. The standard InChI is InChI=1S/C17H17N3O4S/c1-10-5-4-6-11(2)16(10)25(22,23)24-13-7-8-14-15(9-13)20-17(19-14)18-12(3)21/h4-9H,1-3H3,(H2,18,19,20,21). The number of aryl methyl sites for hydroxylation is 2. The third kappa shape index (κ3) is 3.48. The zero-order valence-electron chi connectivity index (χ0n) is 14.0.